The van der Waals surface area contributed by atoms with Crippen LogP contribution in [0.15, 0.2) is 22.7 Å². The van der Waals surface area contributed by atoms with Crippen molar-refractivity contribution in [2.75, 3.05) is 19.8 Å². The normalized spacial score (nSPS) is 10.3. The summed E-state index contributed by atoms with van der Waals surface area (Å²) in [6.45, 7) is 6.19. The summed E-state index contributed by atoms with van der Waals surface area (Å²) in [4.78, 5) is 11.4. The Balaban J connectivity index is 2.45. The SMILES string of the molecule is CCCCOC(=O)COc1ccc(Br)c(CNCC)c1. The van der Waals surface area contributed by atoms with E-state index in [1.807, 2.05) is 18.2 Å². The Labute approximate surface area is 129 Å². The summed E-state index contributed by atoms with van der Waals surface area (Å²) in [5.41, 5.74) is 1.10. The molecule has 0 saturated heterocycles. The van der Waals surface area contributed by atoms with Crippen LogP contribution in [0, 0.1) is 0 Å². The van der Waals surface area contributed by atoms with E-state index in [1.165, 1.54) is 0 Å². The van der Waals surface area contributed by atoms with Gasteiger partial charge < -0.3 is 14.8 Å². The minimum atomic E-state index is -0.324. The Morgan fingerprint density at radius 2 is 2.15 bits per heavy atom. The number of benzene rings is 1. The number of carbonyl (C=O) groups is 1. The Morgan fingerprint density at radius 3 is 2.85 bits per heavy atom. The van der Waals surface area contributed by atoms with Crippen molar-refractivity contribution in [2.24, 2.45) is 0 Å². The van der Waals surface area contributed by atoms with Gasteiger partial charge in [-0.25, -0.2) is 4.79 Å². The highest BCUT2D eigenvalue weighted by Crippen LogP contribution is 2.22. The first-order valence-corrected chi connectivity index (χ1v) is 7.74. The molecule has 0 amide bonds. The van der Waals surface area contributed by atoms with E-state index in [0.29, 0.717) is 12.4 Å². The molecule has 20 heavy (non-hydrogen) atoms. The number of esters is 1. The van der Waals surface area contributed by atoms with E-state index in [9.17, 15) is 4.79 Å². The molecule has 1 rings (SSSR count). The van der Waals surface area contributed by atoms with Gasteiger partial charge in [0.2, 0.25) is 0 Å². The van der Waals surface area contributed by atoms with Crippen LogP contribution in [-0.4, -0.2) is 25.7 Å². The highest BCUT2D eigenvalue weighted by atomic mass is 79.9. The van der Waals surface area contributed by atoms with E-state index in [1.54, 1.807) is 0 Å². The molecule has 4 nitrogen and oxygen atoms in total. The molecule has 0 bridgehead atoms. The predicted octanol–water partition coefficient (Wildman–Crippen LogP) is 3.28. The van der Waals surface area contributed by atoms with Gasteiger partial charge in [-0.1, -0.05) is 36.2 Å². The monoisotopic (exact) mass is 343 g/mol. The third-order valence-electron chi connectivity index (χ3n) is 2.70. The first-order valence-electron chi connectivity index (χ1n) is 6.95. The van der Waals surface area contributed by atoms with E-state index in [-0.39, 0.29) is 12.6 Å². The van der Waals surface area contributed by atoms with Crippen molar-refractivity contribution in [3.8, 4) is 5.75 Å². The molecule has 0 aliphatic heterocycles. The van der Waals surface area contributed by atoms with Gasteiger partial charge in [0.05, 0.1) is 6.61 Å². The summed E-state index contributed by atoms with van der Waals surface area (Å²) in [5.74, 6) is 0.350. The second-order valence-corrected chi connectivity index (χ2v) is 5.25. The molecular weight excluding hydrogens is 322 g/mol. The smallest absolute Gasteiger partial charge is 0.344 e. The van der Waals surface area contributed by atoms with Crippen LogP contribution in [0.5, 0.6) is 5.75 Å². The number of halogens is 1. The molecule has 0 aliphatic rings. The molecule has 0 heterocycles. The molecule has 112 valence electrons. The van der Waals surface area contributed by atoms with Crippen LogP contribution in [0.25, 0.3) is 0 Å². The van der Waals surface area contributed by atoms with Crippen molar-refractivity contribution < 1.29 is 14.3 Å². The second kappa shape index (κ2) is 9.77. The zero-order valence-electron chi connectivity index (χ0n) is 12.1. The molecule has 0 radical (unpaired) electrons. The summed E-state index contributed by atoms with van der Waals surface area (Å²) in [6.07, 6.45) is 1.89. The molecule has 0 saturated carbocycles. The van der Waals surface area contributed by atoms with Gasteiger partial charge in [-0.05, 0) is 36.7 Å². The van der Waals surface area contributed by atoms with Gasteiger partial charge in [0.15, 0.2) is 6.61 Å². The highest BCUT2D eigenvalue weighted by Gasteiger charge is 2.06. The summed E-state index contributed by atoms with van der Waals surface area (Å²) in [5, 5.41) is 3.25. The molecular formula is C15H22BrNO3. The fourth-order valence-corrected chi connectivity index (χ4v) is 1.94. The van der Waals surface area contributed by atoms with Crippen molar-refractivity contribution >= 4 is 21.9 Å². The van der Waals surface area contributed by atoms with Crippen LogP contribution in [0.4, 0.5) is 0 Å². The van der Waals surface area contributed by atoms with Crippen molar-refractivity contribution in [3.05, 3.63) is 28.2 Å². The molecule has 0 atom stereocenters. The van der Waals surface area contributed by atoms with E-state index in [2.05, 4.69) is 35.1 Å². The van der Waals surface area contributed by atoms with Gasteiger partial charge in [-0.2, -0.15) is 0 Å². The summed E-state index contributed by atoms with van der Waals surface area (Å²) in [6, 6.07) is 5.68. The second-order valence-electron chi connectivity index (χ2n) is 4.40. The van der Waals surface area contributed by atoms with Gasteiger partial charge >= 0.3 is 5.97 Å². The molecule has 0 aliphatic carbocycles. The first kappa shape index (κ1) is 17.0. The van der Waals surface area contributed by atoms with E-state index < -0.39 is 0 Å². The topological polar surface area (TPSA) is 47.6 Å². The Bertz CT molecular complexity index is 424. The molecule has 1 aromatic rings. The molecule has 1 aromatic carbocycles. The van der Waals surface area contributed by atoms with Crippen LogP contribution in [-0.2, 0) is 16.1 Å². The van der Waals surface area contributed by atoms with Gasteiger partial charge in [-0.3, -0.25) is 0 Å². The number of nitrogens with one attached hydrogen (secondary N) is 1. The maximum Gasteiger partial charge on any atom is 0.344 e. The number of unbranched alkanes of at least 4 members (excludes halogenated alkanes) is 1. The molecule has 1 N–H and O–H groups in total. The fraction of sp³-hybridized carbons (Fsp3) is 0.533. The maximum atomic E-state index is 11.4. The number of rotatable bonds is 9. The zero-order chi connectivity index (χ0) is 14.8. The van der Waals surface area contributed by atoms with Gasteiger partial charge in [0, 0.05) is 11.0 Å². The number of carbonyl (C=O) groups excluding carboxylic acids is 1. The van der Waals surface area contributed by atoms with Crippen molar-refractivity contribution in [3.63, 3.8) is 0 Å². The molecule has 0 fully saturated rings. The lowest BCUT2D eigenvalue weighted by molar-refractivity contribution is -0.146. The third kappa shape index (κ3) is 6.39. The third-order valence-corrected chi connectivity index (χ3v) is 3.47. The largest absolute Gasteiger partial charge is 0.482 e. The Hall–Kier alpha value is -1.07. The molecule has 5 heteroatoms. The quantitative estimate of drug-likeness (QED) is 0.552. The van der Waals surface area contributed by atoms with E-state index >= 15 is 0 Å². The minimum Gasteiger partial charge on any atom is -0.482 e. The summed E-state index contributed by atoms with van der Waals surface area (Å²) in [7, 11) is 0. The lowest BCUT2D eigenvalue weighted by Gasteiger charge is -2.10. The lowest BCUT2D eigenvalue weighted by Crippen LogP contribution is -2.16. The number of ether oxygens (including phenoxy) is 2. The average Bonchev–Trinajstić information content (AvgIpc) is 2.45. The molecule has 0 spiro atoms. The summed E-state index contributed by atoms with van der Waals surface area (Å²) >= 11 is 3.50. The van der Waals surface area contributed by atoms with Gasteiger partial charge in [-0.15, -0.1) is 0 Å². The Morgan fingerprint density at radius 1 is 1.35 bits per heavy atom. The lowest BCUT2D eigenvalue weighted by atomic mass is 10.2. The van der Waals surface area contributed by atoms with Crippen LogP contribution in [0.3, 0.4) is 0 Å². The van der Waals surface area contributed by atoms with Crippen LogP contribution >= 0.6 is 15.9 Å². The average molecular weight is 344 g/mol. The molecule has 0 aromatic heterocycles. The van der Waals surface area contributed by atoms with Crippen LogP contribution < -0.4 is 10.1 Å². The predicted molar refractivity (Wildman–Crippen MR) is 82.9 cm³/mol. The Kier molecular flexibility index (Phi) is 8.30. The highest BCUT2D eigenvalue weighted by molar-refractivity contribution is 9.10. The maximum absolute atomic E-state index is 11.4. The zero-order valence-corrected chi connectivity index (χ0v) is 13.7. The fourth-order valence-electron chi connectivity index (χ4n) is 1.55. The molecule has 0 unspecified atom stereocenters. The minimum absolute atomic E-state index is 0.0496. The van der Waals surface area contributed by atoms with Crippen LogP contribution in [0.1, 0.15) is 32.3 Å². The van der Waals surface area contributed by atoms with Crippen molar-refractivity contribution in [1.29, 1.82) is 0 Å². The van der Waals surface area contributed by atoms with Crippen LogP contribution in [0.2, 0.25) is 0 Å². The van der Waals surface area contributed by atoms with E-state index in [0.717, 1.165) is 36.0 Å². The number of hydrogen-bond donors (Lipinski definition) is 1. The van der Waals surface area contributed by atoms with Gasteiger partial charge in [0.1, 0.15) is 5.75 Å². The first-order chi connectivity index (χ1) is 9.67. The van der Waals surface area contributed by atoms with Crippen molar-refractivity contribution in [1.82, 2.24) is 5.32 Å². The number of hydrogen-bond acceptors (Lipinski definition) is 4. The van der Waals surface area contributed by atoms with Gasteiger partial charge in [0.25, 0.3) is 0 Å². The standard InChI is InChI=1S/C15H22BrNO3/c1-3-5-8-19-15(18)11-20-13-6-7-14(16)12(9-13)10-17-4-2/h6-7,9,17H,3-5,8,10-11H2,1-2H3. The van der Waals surface area contributed by atoms with E-state index in [4.69, 9.17) is 9.47 Å². The summed E-state index contributed by atoms with van der Waals surface area (Å²) < 4.78 is 11.5. The van der Waals surface area contributed by atoms with Crippen molar-refractivity contribution in [2.45, 2.75) is 33.2 Å².